The van der Waals surface area contributed by atoms with Gasteiger partial charge in [-0.25, -0.2) is 0 Å². The first-order valence-electron chi connectivity index (χ1n) is 8.79. The Bertz CT molecular complexity index is 684. The third-order valence-corrected chi connectivity index (χ3v) is 5.16. The molecular formula is C19H25N3O2. The predicted octanol–water partition coefficient (Wildman–Crippen LogP) is 2.99. The Hall–Kier alpha value is -2.06. The van der Waals surface area contributed by atoms with E-state index in [0.29, 0.717) is 32.3 Å². The molecule has 128 valence electrons. The summed E-state index contributed by atoms with van der Waals surface area (Å²) in [6.45, 7) is 6.39. The van der Waals surface area contributed by atoms with Gasteiger partial charge in [-0.3, -0.25) is 4.79 Å². The number of nitriles is 1. The highest BCUT2D eigenvalue weighted by atomic mass is 16.5. The van der Waals surface area contributed by atoms with Gasteiger partial charge in [-0.15, -0.1) is 0 Å². The van der Waals surface area contributed by atoms with Crippen molar-refractivity contribution < 1.29 is 9.53 Å². The zero-order valence-corrected chi connectivity index (χ0v) is 14.5. The Morgan fingerprint density at radius 3 is 2.58 bits per heavy atom. The summed E-state index contributed by atoms with van der Waals surface area (Å²) in [5, 5.41) is 9.46. The van der Waals surface area contributed by atoms with Gasteiger partial charge in [0.15, 0.2) is 0 Å². The molecule has 5 heteroatoms. The molecule has 1 amide bonds. The van der Waals surface area contributed by atoms with Gasteiger partial charge in [-0.05, 0) is 44.4 Å². The number of aryl methyl sites for hydroxylation is 1. The van der Waals surface area contributed by atoms with Crippen molar-refractivity contribution in [1.29, 1.82) is 5.26 Å². The van der Waals surface area contributed by atoms with Crippen LogP contribution in [-0.4, -0.2) is 41.7 Å². The van der Waals surface area contributed by atoms with Crippen molar-refractivity contribution in [2.75, 3.05) is 26.3 Å². The van der Waals surface area contributed by atoms with Crippen molar-refractivity contribution in [2.45, 2.75) is 45.6 Å². The number of carbonyl (C=O) groups excluding carboxylic acids is 1. The average molecular weight is 327 g/mol. The van der Waals surface area contributed by atoms with E-state index in [4.69, 9.17) is 4.74 Å². The average Bonchev–Trinajstić information content (AvgIpc) is 3.21. The molecule has 1 aromatic heterocycles. The molecule has 0 spiro atoms. The predicted molar refractivity (Wildman–Crippen MR) is 92.4 cm³/mol. The van der Waals surface area contributed by atoms with Crippen LogP contribution in [0, 0.1) is 25.2 Å². The monoisotopic (exact) mass is 327 g/mol. The zero-order valence-electron chi connectivity index (χ0n) is 14.5. The molecule has 5 nitrogen and oxygen atoms in total. The van der Waals surface area contributed by atoms with Crippen LogP contribution in [0.5, 0.6) is 0 Å². The van der Waals surface area contributed by atoms with E-state index in [-0.39, 0.29) is 11.5 Å². The third kappa shape index (κ3) is 3.25. The SMILES string of the molecule is Cc1cc(/C=C(\C#N)C(=O)N2CCOCC2)c(C)n1C1CCCC1. The summed E-state index contributed by atoms with van der Waals surface area (Å²) >= 11 is 0. The van der Waals surface area contributed by atoms with Crippen LogP contribution in [-0.2, 0) is 9.53 Å². The maximum Gasteiger partial charge on any atom is 0.264 e. The maximum absolute atomic E-state index is 12.6. The number of carbonyl (C=O) groups is 1. The number of hydrogen-bond donors (Lipinski definition) is 0. The number of hydrogen-bond acceptors (Lipinski definition) is 3. The number of morpholine rings is 1. The van der Waals surface area contributed by atoms with Gasteiger partial charge in [0.25, 0.3) is 5.91 Å². The van der Waals surface area contributed by atoms with Crippen molar-refractivity contribution in [3.63, 3.8) is 0 Å². The number of ether oxygens (including phenoxy) is 1. The van der Waals surface area contributed by atoms with Gasteiger partial charge < -0.3 is 14.2 Å². The lowest BCUT2D eigenvalue weighted by Gasteiger charge is -2.26. The summed E-state index contributed by atoms with van der Waals surface area (Å²) < 4.78 is 7.66. The Balaban J connectivity index is 1.87. The molecule has 2 heterocycles. The molecule has 0 bridgehead atoms. The van der Waals surface area contributed by atoms with Crippen molar-refractivity contribution in [1.82, 2.24) is 9.47 Å². The van der Waals surface area contributed by atoms with E-state index < -0.39 is 0 Å². The lowest BCUT2D eigenvalue weighted by molar-refractivity contribution is -0.130. The first-order valence-corrected chi connectivity index (χ1v) is 8.79. The molecule has 3 rings (SSSR count). The molecule has 1 aliphatic carbocycles. The molecule has 0 unspecified atom stereocenters. The van der Waals surface area contributed by atoms with Gasteiger partial charge in [0.2, 0.25) is 0 Å². The smallest absolute Gasteiger partial charge is 0.264 e. The van der Waals surface area contributed by atoms with Crippen molar-refractivity contribution in [3.05, 3.63) is 28.6 Å². The van der Waals surface area contributed by atoms with E-state index in [9.17, 15) is 10.1 Å². The molecule has 24 heavy (non-hydrogen) atoms. The molecule has 1 saturated heterocycles. The Morgan fingerprint density at radius 2 is 1.96 bits per heavy atom. The van der Waals surface area contributed by atoms with Gasteiger partial charge in [0.1, 0.15) is 11.6 Å². The quantitative estimate of drug-likeness (QED) is 0.633. The highest BCUT2D eigenvalue weighted by Crippen LogP contribution is 2.33. The van der Waals surface area contributed by atoms with Crippen LogP contribution in [0.2, 0.25) is 0 Å². The molecule has 2 fully saturated rings. The number of nitrogens with zero attached hydrogens (tertiary/aromatic N) is 3. The molecule has 0 atom stereocenters. The number of aromatic nitrogens is 1. The first-order chi connectivity index (χ1) is 11.6. The van der Waals surface area contributed by atoms with Gasteiger partial charge in [0, 0.05) is 30.5 Å². The summed E-state index contributed by atoms with van der Waals surface area (Å²) in [6, 6.07) is 4.75. The van der Waals surface area contributed by atoms with Crippen LogP contribution in [0.25, 0.3) is 6.08 Å². The summed E-state index contributed by atoms with van der Waals surface area (Å²) in [4.78, 5) is 14.3. The molecule has 1 aliphatic heterocycles. The minimum atomic E-state index is -0.188. The highest BCUT2D eigenvalue weighted by molar-refractivity contribution is 6.01. The van der Waals surface area contributed by atoms with Crippen LogP contribution in [0.1, 0.15) is 48.7 Å². The molecule has 2 aliphatic rings. The summed E-state index contributed by atoms with van der Waals surface area (Å²) in [7, 11) is 0. The largest absolute Gasteiger partial charge is 0.378 e. The van der Waals surface area contributed by atoms with E-state index in [1.165, 1.54) is 31.4 Å². The van der Waals surface area contributed by atoms with Gasteiger partial charge >= 0.3 is 0 Å². The van der Waals surface area contributed by atoms with E-state index in [1.54, 1.807) is 11.0 Å². The Morgan fingerprint density at radius 1 is 1.29 bits per heavy atom. The first kappa shape index (κ1) is 16.8. The second-order valence-electron chi connectivity index (χ2n) is 6.71. The maximum atomic E-state index is 12.6. The fourth-order valence-corrected chi connectivity index (χ4v) is 3.91. The van der Waals surface area contributed by atoms with Crippen molar-refractivity contribution >= 4 is 12.0 Å². The van der Waals surface area contributed by atoms with E-state index in [0.717, 1.165) is 11.3 Å². The van der Waals surface area contributed by atoms with Gasteiger partial charge in [0.05, 0.1) is 13.2 Å². The van der Waals surface area contributed by atoms with Gasteiger partial charge in [-0.2, -0.15) is 5.26 Å². The van der Waals surface area contributed by atoms with E-state index >= 15 is 0 Å². The lowest BCUT2D eigenvalue weighted by atomic mass is 10.1. The van der Waals surface area contributed by atoms with Crippen LogP contribution < -0.4 is 0 Å². The van der Waals surface area contributed by atoms with E-state index in [2.05, 4.69) is 30.6 Å². The second-order valence-corrected chi connectivity index (χ2v) is 6.71. The van der Waals surface area contributed by atoms with Crippen LogP contribution >= 0.6 is 0 Å². The third-order valence-electron chi connectivity index (χ3n) is 5.16. The normalized spacial score (nSPS) is 19.5. The molecule has 1 saturated carbocycles. The van der Waals surface area contributed by atoms with Crippen LogP contribution in [0.4, 0.5) is 0 Å². The Kier molecular flexibility index (Phi) is 5.06. The lowest BCUT2D eigenvalue weighted by Crippen LogP contribution is -2.41. The number of rotatable bonds is 3. The molecule has 0 radical (unpaired) electrons. The molecular weight excluding hydrogens is 302 g/mol. The van der Waals surface area contributed by atoms with Crippen LogP contribution in [0.15, 0.2) is 11.6 Å². The Labute approximate surface area is 143 Å². The molecule has 0 aromatic carbocycles. The topological polar surface area (TPSA) is 58.3 Å². The number of amides is 1. The second kappa shape index (κ2) is 7.23. The van der Waals surface area contributed by atoms with Gasteiger partial charge in [-0.1, -0.05) is 12.8 Å². The summed E-state index contributed by atoms with van der Waals surface area (Å²) in [5.41, 5.74) is 3.56. The summed E-state index contributed by atoms with van der Waals surface area (Å²) in [5.74, 6) is -0.188. The fourth-order valence-electron chi connectivity index (χ4n) is 3.91. The molecule has 0 N–H and O–H groups in total. The minimum absolute atomic E-state index is 0.188. The zero-order chi connectivity index (χ0) is 17.1. The molecule has 1 aromatic rings. The standard InChI is InChI=1S/C19H25N3O2/c1-14-11-16(15(2)22(14)18-5-3-4-6-18)12-17(13-20)19(23)21-7-9-24-10-8-21/h11-12,18H,3-10H2,1-2H3/b17-12+. The van der Waals surface area contributed by atoms with Crippen molar-refractivity contribution in [3.8, 4) is 6.07 Å². The van der Waals surface area contributed by atoms with E-state index in [1.807, 2.05) is 0 Å². The van der Waals surface area contributed by atoms with Crippen LogP contribution in [0.3, 0.4) is 0 Å². The fraction of sp³-hybridized carbons (Fsp3) is 0.579. The highest BCUT2D eigenvalue weighted by Gasteiger charge is 2.23. The summed E-state index contributed by atoms with van der Waals surface area (Å²) in [6.07, 6.45) is 6.76. The van der Waals surface area contributed by atoms with Crippen molar-refractivity contribution in [2.24, 2.45) is 0 Å². The minimum Gasteiger partial charge on any atom is -0.378 e.